The van der Waals surface area contributed by atoms with E-state index < -0.39 is 12.0 Å². The Morgan fingerprint density at radius 2 is 2.08 bits per heavy atom. The summed E-state index contributed by atoms with van der Waals surface area (Å²) in [5, 5.41) is 1.71. The average molecular weight is 470 g/mol. The number of methoxy groups -OCH3 is 1. The molecular weight excluding hydrogens is 451 g/mol. The Morgan fingerprint density at radius 3 is 2.73 bits per heavy atom. The largest absolute Gasteiger partial charge is 0.496 e. The lowest BCUT2D eigenvalue weighted by atomic mass is 10.0. The van der Waals surface area contributed by atoms with Crippen molar-refractivity contribution in [1.82, 2.24) is 4.98 Å². The zero-order valence-electron chi connectivity index (χ0n) is 14.2. The average Bonchev–Trinajstić information content (AvgIpc) is 2.60. The van der Waals surface area contributed by atoms with Gasteiger partial charge in [0.1, 0.15) is 17.7 Å². The van der Waals surface area contributed by atoms with Crippen LogP contribution in [-0.4, -0.2) is 43.3 Å². The van der Waals surface area contributed by atoms with Gasteiger partial charge in [0, 0.05) is 27.1 Å². The van der Waals surface area contributed by atoms with Crippen LogP contribution in [0.2, 0.25) is 0 Å². The zero-order valence-corrected chi connectivity index (χ0v) is 16.4. The molecule has 1 aromatic carbocycles. The van der Waals surface area contributed by atoms with Gasteiger partial charge in [0.05, 0.1) is 19.2 Å². The van der Waals surface area contributed by atoms with Gasteiger partial charge >= 0.3 is 6.09 Å². The van der Waals surface area contributed by atoms with Crippen LogP contribution in [-0.2, 0) is 4.74 Å². The molecule has 0 unspecified atom stereocenters. The van der Waals surface area contributed by atoms with Gasteiger partial charge in [0.15, 0.2) is 0 Å². The number of hydrogen-bond acceptors (Lipinski definition) is 6. The van der Waals surface area contributed by atoms with Crippen molar-refractivity contribution in [2.75, 3.05) is 25.1 Å². The van der Waals surface area contributed by atoms with E-state index >= 15 is 0 Å². The van der Waals surface area contributed by atoms with Crippen molar-refractivity contribution in [3.8, 4) is 5.75 Å². The number of aromatic nitrogens is 1. The summed E-state index contributed by atoms with van der Waals surface area (Å²) in [5.41, 5.74) is 10.9. The molecule has 9 heteroatoms. The van der Waals surface area contributed by atoms with E-state index in [-0.39, 0.29) is 6.10 Å². The SMILES string of the molecule is COc1cc2c(N3CCC[C@H](OC(N)=O)C3)ncc(I)c2cc1C(N)=O. The molecule has 1 aromatic heterocycles. The van der Waals surface area contributed by atoms with Crippen LogP contribution in [0.3, 0.4) is 0 Å². The number of primary amides is 2. The van der Waals surface area contributed by atoms with Crippen LogP contribution in [0.5, 0.6) is 5.75 Å². The summed E-state index contributed by atoms with van der Waals surface area (Å²) in [6.45, 7) is 1.28. The van der Waals surface area contributed by atoms with E-state index in [4.69, 9.17) is 20.9 Å². The summed E-state index contributed by atoms with van der Waals surface area (Å²) >= 11 is 2.17. The Morgan fingerprint density at radius 1 is 1.31 bits per heavy atom. The number of carbonyl (C=O) groups is 2. The van der Waals surface area contributed by atoms with E-state index in [1.807, 2.05) is 0 Å². The monoisotopic (exact) mass is 470 g/mol. The number of fused-ring (bicyclic) bond motifs is 1. The first-order valence-corrected chi connectivity index (χ1v) is 9.15. The van der Waals surface area contributed by atoms with E-state index in [0.717, 1.165) is 39.5 Å². The molecular formula is C17H19IN4O4. The number of nitrogens with two attached hydrogens (primary N) is 2. The lowest BCUT2D eigenvalue weighted by Crippen LogP contribution is -2.41. The molecule has 1 fully saturated rings. The molecule has 2 aromatic rings. The van der Waals surface area contributed by atoms with Crippen molar-refractivity contribution in [2.45, 2.75) is 18.9 Å². The Hall–Kier alpha value is -2.30. The molecule has 4 N–H and O–H groups in total. The molecule has 0 bridgehead atoms. The minimum Gasteiger partial charge on any atom is -0.496 e. The van der Waals surface area contributed by atoms with Gasteiger partial charge in [-0.2, -0.15) is 0 Å². The van der Waals surface area contributed by atoms with Crippen molar-refractivity contribution in [3.05, 3.63) is 27.5 Å². The van der Waals surface area contributed by atoms with Crippen LogP contribution >= 0.6 is 22.6 Å². The number of anilines is 1. The lowest BCUT2D eigenvalue weighted by Gasteiger charge is -2.33. The highest BCUT2D eigenvalue weighted by atomic mass is 127. The van der Waals surface area contributed by atoms with Crippen molar-refractivity contribution < 1.29 is 19.1 Å². The van der Waals surface area contributed by atoms with Gasteiger partial charge in [0.2, 0.25) is 0 Å². The maximum absolute atomic E-state index is 11.7. The van der Waals surface area contributed by atoms with Gasteiger partial charge in [0.25, 0.3) is 5.91 Å². The molecule has 2 heterocycles. The standard InChI is InChI=1S/C17H19IN4O4/c1-25-14-6-11-10(5-12(14)15(19)23)13(18)7-21-16(11)22-4-2-3-9(8-22)26-17(20)24/h5-7,9H,2-4,8H2,1H3,(H2,19,23)(H2,20,24)/t9-/m0/s1. The number of carbonyl (C=O) groups excluding carboxylic acids is 2. The number of rotatable bonds is 4. The fourth-order valence-corrected chi connectivity index (χ4v) is 3.81. The van der Waals surface area contributed by atoms with Crippen LogP contribution < -0.4 is 21.1 Å². The summed E-state index contributed by atoms with van der Waals surface area (Å²) in [7, 11) is 1.49. The number of nitrogens with zero attached hydrogens (tertiary/aromatic N) is 2. The number of hydrogen-bond donors (Lipinski definition) is 2. The minimum absolute atomic E-state index is 0.274. The number of halogens is 1. The van der Waals surface area contributed by atoms with Crippen molar-refractivity contribution >= 4 is 51.2 Å². The van der Waals surface area contributed by atoms with Gasteiger partial charge < -0.3 is 25.8 Å². The predicted octanol–water partition coefficient (Wildman–Crippen LogP) is 2.01. The molecule has 138 valence electrons. The smallest absolute Gasteiger partial charge is 0.404 e. The highest BCUT2D eigenvalue weighted by Crippen LogP contribution is 2.35. The van der Waals surface area contributed by atoms with E-state index in [1.165, 1.54) is 7.11 Å². The van der Waals surface area contributed by atoms with E-state index in [9.17, 15) is 9.59 Å². The quantitative estimate of drug-likeness (QED) is 0.660. The third-order valence-corrected chi connectivity index (χ3v) is 5.22. The first kappa shape index (κ1) is 18.5. The molecule has 26 heavy (non-hydrogen) atoms. The molecule has 3 rings (SSSR count). The molecule has 1 aliphatic heterocycles. The normalized spacial score (nSPS) is 17.2. The number of benzene rings is 1. The van der Waals surface area contributed by atoms with E-state index in [1.54, 1.807) is 18.3 Å². The van der Waals surface area contributed by atoms with Crippen LogP contribution in [0.4, 0.5) is 10.6 Å². The molecule has 1 atom stereocenters. The second-order valence-corrected chi connectivity index (χ2v) is 7.20. The lowest BCUT2D eigenvalue weighted by molar-refractivity contribution is 0.0963. The highest BCUT2D eigenvalue weighted by Gasteiger charge is 2.25. The van der Waals surface area contributed by atoms with Gasteiger partial charge in [-0.3, -0.25) is 4.79 Å². The summed E-state index contributed by atoms with van der Waals surface area (Å²) < 4.78 is 11.4. The van der Waals surface area contributed by atoms with Crippen molar-refractivity contribution in [2.24, 2.45) is 11.5 Å². The molecule has 0 spiro atoms. The minimum atomic E-state index is -0.773. The maximum atomic E-state index is 11.7. The predicted molar refractivity (Wildman–Crippen MR) is 105 cm³/mol. The summed E-state index contributed by atoms with van der Waals surface area (Å²) in [6.07, 6.45) is 2.31. The van der Waals surface area contributed by atoms with Crippen molar-refractivity contribution in [1.29, 1.82) is 0 Å². The molecule has 0 aliphatic carbocycles. The Balaban J connectivity index is 2.07. The van der Waals surface area contributed by atoms with E-state index in [0.29, 0.717) is 17.9 Å². The second-order valence-electron chi connectivity index (χ2n) is 6.04. The Labute approximate surface area is 163 Å². The zero-order chi connectivity index (χ0) is 18.8. The second kappa shape index (κ2) is 7.52. The Bertz CT molecular complexity index is 873. The molecule has 0 saturated carbocycles. The van der Waals surface area contributed by atoms with Crippen molar-refractivity contribution in [3.63, 3.8) is 0 Å². The van der Waals surface area contributed by atoms with Crippen LogP contribution in [0.1, 0.15) is 23.2 Å². The molecule has 8 nitrogen and oxygen atoms in total. The molecule has 1 saturated heterocycles. The summed E-state index contributed by atoms with van der Waals surface area (Å²) in [4.78, 5) is 29.4. The fraction of sp³-hybridized carbons (Fsp3) is 0.353. The third kappa shape index (κ3) is 3.62. The number of ether oxygens (including phenoxy) is 2. The summed E-state index contributed by atoms with van der Waals surface area (Å²) in [5.74, 6) is 0.593. The fourth-order valence-electron chi connectivity index (χ4n) is 3.22. The Kier molecular flexibility index (Phi) is 5.35. The number of pyridine rings is 1. The van der Waals surface area contributed by atoms with Crippen LogP contribution in [0.25, 0.3) is 10.8 Å². The highest BCUT2D eigenvalue weighted by molar-refractivity contribution is 14.1. The van der Waals surface area contributed by atoms with E-state index in [2.05, 4.69) is 32.5 Å². The summed E-state index contributed by atoms with van der Waals surface area (Å²) in [6, 6.07) is 3.50. The molecule has 1 aliphatic rings. The van der Waals surface area contributed by atoms with Gasteiger partial charge in [-0.15, -0.1) is 0 Å². The first-order valence-electron chi connectivity index (χ1n) is 8.07. The van der Waals surface area contributed by atoms with Gasteiger partial charge in [-0.25, -0.2) is 9.78 Å². The topological polar surface area (TPSA) is 121 Å². The van der Waals surface area contributed by atoms with Gasteiger partial charge in [-0.05, 0) is 47.6 Å². The van der Waals surface area contributed by atoms with Crippen LogP contribution in [0, 0.1) is 3.57 Å². The molecule has 2 amide bonds. The number of piperidine rings is 1. The van der Waals surface area contributed by atoms with Crippen LogP contribution in [0.15, 0.2) is 18.3 Å². The molecule has 0 radical (unpaired) electrons. The van der Waals surface area contributed by atoms with Gasteiger partial charge in [-0.1, -0.05) is 0 Å². The first-order chi connectivity index (χ1) is 12.4. The maximum Gasteiger partial charge on any atom is 0.404 e. The third-order valence-electron chi connectivity index (χ3n) is 4.36. The number of amides is 2.